The Bertz CT molecular complexity index is 918. The molecule has 0 bridgehead atoms. The number of hydrogen-bond acceptors (Lipinski definition) is 5. The molecular formula is C18H24ClN5OS. The van der Waals surface area contributed by atoms with Gasteiger partial charge in [-0.3, -0.25) is 14.4 Å². The molecule has 0 atom stereocenters. The third kappa shape index (κ3) is 4.23. The van der Waals surface area contributed by atoms with Gasteiger partial charge in [0.1, 0.15) is 0 Å². The van der Waals surface area contributed by atoms with Crippen LogP contribution >= 0.6 is 23.7 Å². The predicted molar refractivity (Wildman–Crippen MR) is 110 cm³/mol. The minimum Gasteiger partial charge on any atom is -0.308 e. The van der Waals surface area contributed by atoms with E-state index in [9.17, 15) is 4.79 Å². The quantitative estimate of drug-likeness (QED) is 0.667. The molecule has 2 heterocycles. The van der Waals surface area contributed by atoms with Crippen LogP contribution in [0.4, 0.5) is 5.13 Å². The summed E-state index contributed by atoms with van der Waals surface area (Å²) in [6, 6.07) is 5.96. The number of likely N-dealkylation sites (N-methyl/N-ethyl adjacent to an activating group) is 1. The second-order valence-corrected chi connectivity index (χ2v) is 7.54. The van der Waals surface area contributed by atoms with E-state index in [1.54, 1.807) is 33.2 Å². The lowest BCUT2D eigenvalue weighted by Gasteiger charge is -2.21. The van der Waals surface area contributed by atoms with E-state index in [0.717, 1.165) is 21.9 Å². The summed E-state index contributed by atoms with van der Waals surface area (Å²) in [7, 11) is 5.80. The van der Waals surface area contributed by atoms with E-state index < -0.39 is 0 Å². The average molecular weight is 394 g/mol. The zero-order chi connectivity index (χ0) is 18.1. The van der Waals surface area contributed by atoms with Crippen molar-refractivity contribution in [1.82, 2.24) is 19.7 Å². The van der Waals surface area contributed by atoms with Crippen LogP contribution in [0.2, 0.25) is 0 Å². The van der Waals surface area contributed by atoms with Crippen molar-refractivity contribution in [3.63, 3.8) is 0 Å². The van der Waals surface area contributed by atoms with Gasteiger partial charge in [-0.1, -0.05) is 17.4 Å². The first kappa shape index (κ1) is 20.4. The summed E-state index contributed by atoms with van der Waals surface area (Å²) in [5, 5.41) is 4.98. The summed E-state index contributed by atoms with van der Waals surface area (Å²) < 4.78 is 2.77. The van der Waals surface area contributed by atoms with Crippen LogP contribution in [0, 0.1) is 13.8 Å². The van der Waals surface area contributed by atoms with Crippen LogP contribution in [0.3, 0.4) is 0 Å². The van der Waals surface area contributed by atoms with Crippen molar-refractivity contribution < 1.29 is 4.79 Å². The van der Waals surface area contributed by atoms with E-state index in [2.05, 4.69) is 36.0 Å². The van der Waals surface area contributed by atoms with Crippen LogP contribution in [-0.4, -0.2) is 52.8 Å². The van der Waals surface area contributed by atoms with Gasteiger partial charge in [0.15, 0.2) is 10.8 Å². The van der Waals surface area contributed by atoms with Gasteiger partial charge in [-0.25, -0.2) is 4.98 Å². The smallest absolute Gasteiger partial charge is 0.280 e. The number of aryl methyl sites for hydroxylation is 3. The summed E-state index contributed by atoms with van der Waals surface area (Å²) in [6.07, 6.45) is 1.78. The molecule has 2 aromatic heterocycles. The van der Waals surface area contributed by atoms with Gasteiger partial charge in [0.25, 0.3) is 5.91 Å². The first-order valence-electron chi connectivity index (χ1n) is 8.19. The fourth-order valence-corrected chi connectivity index (χ4v) is 3.77. The molecule has 0 aliphatic carbocycles. The van der Waals surface area contributed by atoms with Crippen LogP contribution in [0.5, 0.6) is 0 Å². The second kappa shape index (κ2) is 8.16. The highest BCUT2D eigenvalue weighted by molar-refractivity contribution is 7.22. The Kier molecular flexibility index (Phi) is 6.39. The molecule has 0 aliphatic rings. The molecule has 8 heteroatoms. The zero-order valence-electron chi connectivity index (χ0n) is 15.7. The molecule has 0 radical (unpaired) electrons. The molecule has 1 amide bonds. The van der Waals surface area contributed by atoms with Gasteiger partial charge >= 0.3 is 0 Å². The number of nitrogens with zero attached hydrogens (tertiary/aromatic N) is 5. The molecule has 0 N–H and O–H groups in total. The SMILES string of the molecule is Cc1cc(C)c2sc(N(CCN(C)C)C(=O)c3ccn(C)n3)nc2c1.Cl. The van der Waals surface area contributed by atoms with Crippen LogP contribution < -0.4 is 4.90 Å². The second-order valence-electron chi connectivity index (χ2n) is 6.56. The van der Waals surface area contributed by atoms with Crippen LogP contribution in [0.1, 0.15) is 21.6 Å². The van der Waals surface area contributed by atoms with Crippen molar-refractivity contribution in [2.75, 3.05) is 32.1 Å². The van der Waals surface area contributed by atoms with E-state index in [1.807, 2.05) is 21.1 Å². The summed E-state index contributed by atoms with van der Waals surface area (Å²) >= 11 is 1.56. The molecule has 0 fully saturated rings. The first-order valence-corrected chi connectivity index (χ1v) is 9.01. The van der Waals surface area contributed by atoms with Crippen LogP contribution in [-0.2, 0) is 7.05 Å². The first-order chi connectivity index (χ1) is 11.8. The zero-order valence-corrected chi connectivity index (χ0v) is 17.3. The highest BCUT2D eigenvalue weighted by Crippen LogP contribution is 2.32. The van der Waals surface area contributed by atoms with Gasteiger partial charge in [0.2, 0.25) is 0 Å². The van der Waals surface area contributed by atoms with Crippen molar-refractivity contribution in [1.29, 1.82) is 0 Å². The van der Waals surface area contributed by atoms with Crippen molar-refractivity contribution in [3.8, 4) is 0 Å². The molecule has 0 saturated heterocycles. The molecule has 3 rings (SSSR count). The molecule has 0 spiro atoms. The lowest BCUT2D eigenvalue weighted by atomic mass is 10.1. The Morgan fingerprint density at radius 2 is 1.96 bits per heavy atom. The van der Waals surface area contributed by atoms with Crippen LogP contribution in [0.25, 0.3) is 10.2 Å². The Morgan fingerprint density at radius 3 is 2.58 bits per heavy atom. The van der Waals surface area contributed by atoms with E-state index in [-0.39, 0.29) is 18.3 Å². The third-order valence-corrected chi connectivity index (χ3v) is 5.22. The number of aromatic nitrogens is 3. The number of amides is 1. The number of anilines is 1. The Hall–Kier alpha value is -1.96. The number of fused-ring (bicyclic) bond motifs is 1. The normalized spacial score (nSPS) is 11.0. The van der Waals surface area contributed by atoms with Gasteiger partial charge in [0, 0.05) is 26.3 Å². The molecule has 26 heavy (non-hydrogen) atoms. The minimum absolute atomic E-state index is 0. The standard InChI is InChI=1S/C18H23N5OS.ClH/c1-12-10-13(2)16-15(11-12)19-18(25-16)23(9-8-21(3)4)17(24)14-6-7-22(5)20-14;/h6-7,10-11H,8-9H2,1-5H3;1H. The Balaban J connectivity index is 0.00000243. The number of carbonyl (C=O) groups is 1. The van der Waals surface area contributed by atoms with Crippen molar-refractivity contribution in [3.05, 3.63) is 41.2 Å². The summed E-state index contributed by atoms with van der Waals surface area (Å²) in [5.41, 5.74) is 3.75. The topological polar surface area (TPSA) is 54.3 Å². The van der Waals surface area contributed by atoms with Crippen LogP contribution in [0.15, 0.2) is 24.4 Å². The fraction of sp³-hybridized carbons (Fsp3) is 0.389. The van der Waals surface area contributed by atoms with Gasteiger partial charge in [-0.15, -0.1) is 12.4 Å². The molecule has 0 saturated carbocycles. The highest BCUT2D eigenvalue weighted by Gasteiger charge is 2.23. The summed E-state index contributed by atoms with van der Waals surface area (Å²) in [6.45, 7) is 5.48. The van der Waals surface area contributed by atoms with E-state index in [4.69, 9.17) is 4.98 Å². The van der Waals surface area contributed by atoms with Crippen molar-refractivity contribution >= 4 is 45.0 Å². The van der Waals surface area contributed by atoms with Gasteiger partial charge in [-0.2, -0.15) is 5.10 Å². The van der Waals surface area contributed by atoms with E-state index in [0.29, 0.717) is 12.2 Å². The predicted octanol–water partition coefficient (Wildman–Crippen LogP) is 3.28. The van der Waals surface area contributed by atoms with Gasteiger partial charge in [-0.05, 0) is 51.2 Å². The van der Waals surface area contributed by atoms with Crippen molar-refractivity contribution in [2.45, 2.75) is 13.8 Å². The monoisotopic (exact) mass is 393 g/mol. The van der Waals surface area contributed by atoms with Gasteiger partial charge < -0.3 is 4.90 Å². The molecule has 1 aromatic carbocycles. The molecule has 6 nitrogen and oxygen atoms in total. The summed E-state index contributed by atoms with van der Waals surface area (Å²) in [5.74, 6) is -0.115. The van der Waals surface area contributed by atoms with Gasteiger partial charge in [0.05, 0.1) is 10.2 Å². The highest BCUT2D eigenvalue weighted by atomic mass is 35.5. The average Bonchev–Trinajstić information content (AvgIpc) is 3.13. The van der Waals surface area contributed by atoms with Crippen molar-refractivity contribution in [2.24, 2.45) is 7.05 Å². The number of hydrogen-bond donors (Lipinski definition) is 0. The Labute approximate surface area is 163 Å². The number of thiazole rings is 1. The molecule has 0 aliphatic heterocycles. The lowest BCUT2D eigenvalue weighted by Crippen LogP contribution is -2.37. The third-order valence-electron chi connectivity index (χ3n) is 3.99. The molecular weight excluding hydrogens is 370 g/mol. The number of halogens is 1. The minimum atomic E-state index is -0.115. The number of benzene rings is 1. The largest absolute Gasteiger partial charge is 0.308 e. The fourth-order valence-electron chi connectivity index (χ4n) is 2.73. The molecule has 0 unspecified atom stereocenters. The number of carbonyl (C=O) groups excluding carboxylic acids is 1. The van der Waals surface area contributed by atoms with E-state index >= 15 is 0 Å². The van der Waals surface area contributed by atoms with E-state index in [1.165, 1.54) is 11.1 Å². The Morgan fingerprint density at radius 1 is 1.23 bits per heavy atom. The summed E-state index contributed by atoms with van der Waals surface area (Å²) in [4.78, 5) is 21.5. The molecule has 3 aromatic rings. The molecule has 140 valence electrons. The maximum absolute atomic E-state index is 13.0. The maximum Gasteiger partial charge on any atom is 0.280 e. The number of rotatable bonds is 5. The lowest BCUT2D eigenvalue weighted by molar-refractivity contribution is 0.0979. The maximum atomic E-state index is 13.0.